The van der Waals surface area contributed by atoms with Crippen molar-refractivity contribution < 1.29 is 18.3 Å². The van der Waals surface area contributed by atoms with E-state index >= 15 is 0 Å². The first-order valence-corrected chi connectivity index (χ1v) is 7.94. The molecule has 0 amide bonds. The van der Waals surface area contributed by atoms with Crippen molar-refractivity contribution in [3.63, 3.8) is 0 Å². The number of carboxylic acids is 1. The van der Waals surface area contributed by atoms with Crippen LogP contribution in [0.3, 0.4) is 0 Å². The number of aryl methyl sites for hydroxylation is 2. The smallest absolute Gasteiger partial charge is 0.328 e. The minimum absolute atomic E-state index is 0.0223. The highest BCUT2D eigenvalue weighted by Crippen LogP contribution is 2.20. The van der Waals surface area contributed by atoms with Gasteiger partial charge in [-0.1, -0.05) is 0 Å². The van der Waals surface area contributed by atoms with Crippen LogP contribution in [0.1, 0.15) is 6.42 Å². The standard InChI is InChI=1S/C13H17N3O5S/c1-14(7-6-12(17)18)22(20,21)9-4-5-10-11(8-9)16(3)13(19)15(10)2/h4-5,8H,6-7H2,1-3H3,(H,17,18). The monoisotopic (exact) mass is 327 g/mol. The lowest BCUT2D eigenvalue weighted by Gasteiger charge is -2.16. The number of benzene rings is 1. The Kier molecular flexibility index (Phi) is 4.12. The highest BCUT2D eigenvalue weighted by atomic mass is 32.2. The molecular formula is C13H17N3O5S. The Hall–Kier alpha value is -2.13. The first-order valence-electron chi connectivity index (χ1n) is 6.50. The van der Waals surface area contributed by atoms with Gasteiger partial charge in [0.1, 0.15) is 0 Å². The molecule has 0 radical (unpaired) electrons. The number of rotatable bonds is 5. The second-order valence-electron chi connectivity index (χ2n) is 5.02. The number of nitrogens with zero attached hydrogens (tertiary/aromatic N) is 3. The van der Waals surface area contributed by atoms with Crippen LogP contribution in [0.25, 0.3) is 11.0 Å². The Balaban J connectivity index is 2.48. The van der Waals surface area contributed by atoms with Crippen molar-refractivity contribution in [2.75, 3.05) is 13.6 Å². The Labute approximate surface area is 127 Å². The summed E-state index contributed by atoms with van der Waals surface area (Å²) in [7, 11) is 0.698. The number of fused-ring (bicyclic) bond motifs is 1. The largest absolute Gasteiger partial charge is 0.481 e. The third-order valence-electron chi connectivity index (χ3n) is 3.59. The average Bonchev–Trinajstić information content (AvgIpc) is 2.69. The zero-order valence-corrected chi connectivity index (χ0v) is 13.3. The maximum absolute atomic E-state index is 12.4. The van der Waals surface area contributed by atoms with Crippen LogP contribution in [0.5, 0.6) is 0 Å². The molecule has 0 bridgehead atoms. The molecule has 1 aromatic carbocycles. The number of carbonyl (C=O) groups is 1. The molecule has 9 heteroatoms. The Morgan fingerprint density at radius 3 is 2.41 bits per heavy atom. The maximum atomic E-state index is 12.4. The number of hydrogen-bond acceptors (Lipinski definition) is 4. The Morgan fingerprint density at radius 1 is 1.23 bits per heavy atom. The molecule has 0 unspecified atom stereocenters. The highest BCUT2D eigenvalue weighted by molar-refractivity contribution is 7.89. The molecule has 0 spiro atoms. The number of imidazole rings is 1. The summed E-state index contributed by atoms with van der Waals surface area (Å²) in [6.07, 6.45) is -0.276. The van der Waals surface area contributed by atoms with Gasteiger partial charge < -0.3 is 5.11 Å². The molecule has 0 aliphatic heterocycles. The summed E-state index contributed by atoms with van der Waals surface area (Å²) in [4.78, 5) is 22.4. The molecule has 1 aromatic heterocycles. The van der Waals surface area contributed by atoms with Crippen molar-refractivity contribution in [3.8, 4) is 0 Å². The van der Waals surface area contributed by atoms with Crippen LogP contribution in [0.4, 0.5) is 0 Å². The molecule has 1 N–H and O–H groups in total. The molecule has 0 atom stereocenters. The van der Waals surface area contributed by atoms with E-state index in [9.17, 15) is 18.0 Å². The van der Waals surface area contributed by atoms with Crippen LogP contribution < -0.4 is 5.69 Å². The quantitative estimate of drug-likeness (QED) is 0.831. The van der Waals surface area contributed by atoms with E-state index in [1.807, 2.05) is 0 Å². The van der Waals surface area contributed by atoms with Gasteiger partial charge in [-0.25, -0.2) is 17.5 Å². The first kappa shape index (κ1) is 16.2. The lowest BCUT2D eigenvalue weighted by Crippen LogP contribution is -2.29. The lowest BCUT2D eigenvalue weighted by atomic mass is 10.3. The van der Waals surface area contributed by atoms with Gasteiger partial charge in [0.25, 0.3) is 0 Å². The van der Waals surface area contributed by atoms with Crippen LogP contribution in [-0.2, 0) is 28.9 Å². The van der Waals surface area contributed by atoms with Gasteiger partial charge in [-0.2, -0.15) is 0 Å². The summed E-state index contributed by atoms with van der Waals surface area (Å²) < 4.78 is 28.6. The van der Waals surface area contributed by atoms with Crippen molar-refractivity contribution in [1.29, 1.82) is 0 Å². The molecule has 0 fully saturated rings. The third-order valence-corrected chi connectivity index (χ3v) is 5.45. The summed E-state index contributed by atoms with van der Waals surface area (Å²) in [5.41, 5.74) is 0.878. The second-order valence-corrected chi connectivity index (χ2v) is 7.07. The predicted molar refractivity (Wildman–Crippen MR) is 80.2 cm³/mol. The second kappa shape index (κ2) is 5.58. The third kappa shape index (κ3) is 2.64. The summed E-state index contributed by atoms with van der Waals surface area (Å²) in [6, 6.07) is 4.40. The first-order chi connectivity index (χ1) is 10.2. The van der Waals surface area contributed by atoms with Crippen LogP contribution in [0, 0.1) is 0 Å². The van der Waals surface area contributed by atoms with Crippen molar-refractivity contribution in [2.45, 2.75) is 11.3 Å². The van der Waals surface area contributed by atoms with E-state index in [4.69, 9.17) is 5.11 Å². The van der Waals surface area contributed by atoms with Crippen LogP contribution >= 0.6 is 0 Å². The minimum atomic E-state index is -3.80. The van der Waals surface area contributed by atoms with Gasteiger partial charge >= 0.3 is 11.7 Å². The summed E-state index contributed by atoms with van der Waals surface area (Å²) in [6.45, 7) is -0.122. The molecule has 1 heterocycles. The molecule has 2 aromatic rings. The van der Waals surface area contributed by atoms with E-state index in [2.05, 4.69) is 0 Å². The van der Waals surface area contributed by atoms with Gasteiger partial charge in [0, 0.05) is 27.7 Å². The zero-order chi connectivity index (χ0) is 16.7. The van der Waals surface area contributed by atoms with E-state index < -0.39 is 16.0 Å². The number of carboxylic acid groups (broad SMARTS) is 1. The van der Waals surface area contributed by atoms with Crippen molar-refractivity contribution in [2.24, 2.45) is 14.1 Å². The highest BCUT2D eigenvalue weighted by Gasteiger charge is 2.22. The molecule has 0 aliphatic rings. The van der Waals surface area contributed by atoms with Crippen molar-refractivity contribution >= 4 is 27.0 Å². The molecular weight excluding hydrogens is 310 g/mol. The van der Waals surface area contributed by atoms with Gasteiger partial charge in [0.2, 0.25) is 10.0 Å². The van der Waals surface area contributed by atoms with Crippen molar-refractivity contribution in [1.82, 2.24) is 13.4 Å². The van der Waals surface area contributed by atoms with E-state index in [-0.39, 0.29) is 23.6 Å². The Bertz CT molecular complexity index is 894. The van der Waals surface area contributed by atoms with Crippen LogP contribution in [0.2, 0.25) is 0 Å². The van der Waals surface area contributed by atoms with Gasteiger partial charge in [-0.3, -0.25) is 13.9 Å². The summed E-state index contributed by atoms with van der Waals surface area (Å²) >= 11 is 0. The maximum Gasteiger partial charge on any atom is 0.328 e. The van der Waals surface area contributed by atoms with Gasteiger partial charge in [-0.05, 0) is 18.2 Å². The summed E-state index contributed by atoms with van der Waals surface area (Å²) in [5, 5.41) is 8.65. The SMILES string of the molecule is CN(CCC(=O)O)S(=O)(=O)c1ccc2c(c1)n(C)c(=O)n2C. The average molecular weight is 327 g/mol. The van der Waals surface area contributed by atoms with Gasteiger partial charge in [-0.15, -0.1) is 0 Å². The molecule has 22 heavy (non-hydrogen) atoms. The van der Waals surface area contributed by atoms with E-state index in [0.717, 1.165) is 4.31 Å². The van der Waals surface area contributed by atoms with Crippen molar-refractivity contribution in [3.05, 3.63) is 28.7 Å². The molecule has 2 rings (SSSR count). The van der Waals surface area contributed by atoms with Gasteiger partial charge in [0.15, 0.2) is 0 Å². The molecule has 8 nitrogen and oxygen atoms in total. The number of aliphatic carboxylic acids is 1. The fourth-order valence-electron chi connectivity index (χ4n) is 2.20. The number of aromatic nitrogens is 2. The van der Waals surface area contributed by atoms with E-state index in [1.165, 1.54) is 28.3 Å². The van der Waals surface area contributed by atoms with Gasteiger partial charge in [0.05, 0.1) is 22.3 Å². The zero-order valence-electron chi connectivity index (χ0n) is 12.5. The van der Waals surface area contributed by atoms with E-state index in [0.29, 0.717) is 11.0 Å². The van der Waals surface area contributed by atoms with E-state index in [1.54, 1.807) is 20.2 Å². The molecule has 0 saturated heterocycles. The predicted octanol–water partition coefficient (Wildman–Crippen LogP) is -0.0278. The minimum Gasteiger partial charge on any atom is -0.481 e. The molecule has 120 valence electrons. The fourth-order valence-corrected chi connectivity index (χ4v) is 3.39. The fraction of sp³-hybridized carbons (Fsp3) is 0.385. The lowest BCUT2D eigenvalue weighted by molar-refractivity contribution is -0.137. The molecule has 0 aliphatic carbocycles. The topological polar surface area (TPSA) is 102 Å². The number of hydrogen-bond donors (Lipinski definition) is 1. The normalized spacial score (nSPS) is 12.2. The summed E-state index contributed by atoms with van der Waals surface area (Å²) in [5.74, 6) is -1.07. The number of sulfonamides is 1. The van der Waals surface area contributed by atoms with Crippen LogP contribution in [-0.4, -0.2) is 46.5 Å². The van der Waals surface area contributed by atoms with Crippen LogP contribution in [0.15, 0.2) is 27.9 Å². The molecule has 0 saturated carbocycles. The Morgan fingerprint density at radius 2 is 1.82 bits per heavy atom.